The second kappa shape index (κ2) is 9.66. The summed E-state index contributed by atoms with van der Waals surface area (Å²) < 4.78 is 21.4. The Morgan fingerprint density at radius 2 is 1.85 bits per heavy atom. The maximum atomic E-state index is 13.1. The van der Waals surface area contributed by atoms with E-state index in [1.54, 1.807) is 24.3 Å². The highest BCUT2D eigenvalue weighted by atomic mass is 32.2. The van der Waals surface area contributed by atoms with Crippen LogP contribution in [0.15, 0.2) is 65.2 Å². The van der Waals surface area contributed by atoms with Crippen LogP contribution in [-0.2, 0) is 17.8 Å². The Morgan fingerprint density at radius 3 is 2.59 bits per heavy atom. The summed E-state index contributed by atoms with van der Waals surface area (Å²) in [5, 5.41) is 23.5. The minimum absolute atomic E-state index is 0.331. The summed E-state index contributed by atoms with van der Waals surface area (Å²) in [5.74, 6) is 0. The molecule has 2 aromatic heterocycles. The van der Waals surface area contributed by atoms with Crippen LogP contribution in [0.1, 0.15) is 49.3 Å². The monoisotopic (exact) mass is 469 g/mol. The zero-order valence-electron chi connectivity index (χ0n) is 19.1. The van der Waals surface area contributed by atoms with Gasteiger partial charge in [0.1, 0.15) is 22.2 Å². The number of hydrogen-bond acceptors (Lipinski definition) is 7. The molecule has 2 aromatic carbocycles. The van der Waals surface area contributed by atoms with E-state index in [0.29, 0.717) is 34.6 Å². The Morgan fingerprint density at radius 1 is 1.06 bits per heavy atom. The number of nitriles is 2. The van der Waals surface area contributed by atoms with Gasteiger partial charge in [0.25, 0.3) is 0 Å². The van der Waals surface area contributed by atoms with E-state index in [0.717, 1.165) is 16.5 Å². The molecule has 170 valence electrons. The van der Waals surface area contributed by atoms with Crippen molar-refractivity contribution in [3.63, 3.8) is 0 Å². The summed E-state index contributed by atoms with van der Waals surface area (Å²) in [7, 11) is 0. The van der Waals surface area contributed by atoms with E-state index in [4.69, 9.17) is 4.52 Å². The van der Waals surface area contributed by atoms with Crippen LogP contribution in [0.25, 0.3) is 22.2 Å². The summed E-state index contributed by atoms with van der Waals surface area (Å²) in [6.07, 6.45) is 0.419. The fraction of sp³-hybridized carbons (Fsp3) is 0.231. The fourth-order valence-corrected chi connectivity index (χ4v) is 4.43. The average Bonchev–Trinajstić information content (AvgIpc) is 3.26. The van der Waals surface area contributed by atoms with Gasteiger partial charge in [-0.15, -0.1) is 4.72 Å². The number of hydrogen-bond donors (Lipinski definition) is 1. The van der Waals surface area contributed by atoms with E-state index >= 15 is 0 Å². The highest BCUT2D eigenvalue weighted by Gasteiger charge is 2.31. The van der Waals surface area contributed by atoms with Crippen molar-refractivity contribution >= 4 is 22.3 Å². The van der Waals surface area contributed by atoms with Crippen molar-refractivity contribution in [1.29, 1.82) is 10.5 Å². The predicted molar refractivity (Wildman–Crippen MR) is 131 cm³/mol. The number of fused-ring (bicyclic) bond motifs is 1. The molecule has 0 fully saturated rings. The second-order valence-corrected chi connectivity index (χ2v) is 10.8. The molecule has 34 heavy (non-hydrogen) atoms. The summed E-state index contributed by atoms with van der Waals surface area (Å²) >= 11 is -1.36. The standard InChI is InChI=1S/C26H23N5O2S/c1-26(2,3)34(32)31-23(14-18-7-6-8-19(16-28)29-18)20-9-4-5-10-21(20)25-22-12-11-17(15-27)13-24(22)33-30-25/h4-13,23,31H,14H2,1-3H3. The van der Waals surface area contributed by atoms with Crippen molar-refractivity contribution in [2.75, 3.05) is 0 Å². The molecule has 0 aliphatic carbocycles. The van der Waals surface area contributed by atoms with Gasteiger partial charge >= 0.3 is 0 Å². The highest BCUT2D eigenvalue weighted by Crippen LogP contribution is 2.35. The largest absolute Gasteiger partial charge is 0.598 e. The topological polar surface area (TPSA) is 122 Å². The van der Waals surface area contributed by atoms with E-state index in [-0.39, 0.29) is 6.04 Å². The third kappa shape index (κ3) is 4.95. The van der Waals surface area contributed by atoms with Crippen LogP contribution in [0, 0.1) is 22.7 Å². The molecular weight excluding hydrogens is 446 g/mol. The molecule has 0 bridgehead atoms. The molecule has 0 aliphatic heterocycles. The van der Waals surface area contributed by atoms with Gasteiger partial charge in [-0.25, -0.2) is 4.98 Å². The number of rotatable bonds is 6. The molecule has 4 rings (SSSR count). The van der Waals surface area contributed by atoms with Gasteiger partial charge in [-0.1, -0.05) is 35.5 Å². The number of nitrogens with one attached hydrogen (secondary N) is 1. The number of pyridine rings is 1. The van der Waals surface area contributed by atoms with E-state index in [9.17, 15) is 15.1 Å². The van der Waals surface area contributed by atoms with Gasteiger partial charge in [0.05, 0.1) is 17.7 Å². The van der Waals surface area contributed by atoms with Crippen molar-refractivity contribution in [3.05, 3.63) is 83.2 Å². The Balaban J connectivity index is 1.81. The first-order valence-electron chi connectivity index (χ1n) is 10.7. The molecule has 0 saturated carbocycles. The number of nitrogens with zero attached hydrogens (tertiary/aromatic N) is 4. The van der Waals surface area contributed by atoms with E-state index < -0.39 is 16.1 Å². The van der Waals surface area contributed by atoms with E-state index in [2.05, 4.69) is 27.0 Å². The van der Waals surface area contributed by atoms with Gasteiger partial charge < -0.3 is 9.08 Å². The molecule has 0 amide bonds. The molecule has 0 radical (unpaired) electrons. The molecule has 0 saturated heterocycles. The van der Waals surface area contributed by atoms with Crippen molar-refractivity contribution in [1.82, 2.24) is 14.9 Å². The molecule has 2 atom stereocenters. The van der Waals surface area contributed by atoms with Gasteiger partial charge in [-0.2, -0.15) is 10.5 Å². The maximum absolute atomic E-state index is 13.1. The summed E-state index contributed by atoms with van der Waals surface area (Å²) in [6, 6.07) is 22.1. The Labute approximate surface area is 201 Å². The van der Waals surface area contributed by atoms with Crippen LogP contribution < -0.4 is 4.72 Å². The van der Waals surface area contributed by atoms with Crippen LogP contribution >= 0.6 is 0 Å². The van der Waals surface area contributed by atoms with Gasteiger partial charge in [0, 0.05) is 40.5 Å². The highest BCUT2D eigenvalue weighted by molar-refractivity contribution is 7.90. The maximum Gasteiger partial charge on any atom is 0.168 e. The summed E-state index contributed by atoms with van der Waals surface area (Å²) in [5.41, 5.74) is 4.40. The first-order chi connectivity index (χ1) is 16.3. The molecule has 4 aromatic rings. The lowest BCUT2D eigenvalue weighted by atomic mass is 9.94. The number of aromatic nitrogens is 2. The van der Waals surface area contributed by atoms with Crippen molar-refractivity contribution < 1.29 is 9.08 Å². The zero-order valence-corrected chi connectivity index (χ0v) is 19.9. The summed E-state index contributed by atoms with van der Waals surface area (Å²) in [6.45, 7) is 5.72. The second-order valence-electron chi connectivity index (χ2n) is 8.82. The third-order valence-corrected chi connectivity index (χ3v) is 6.94. The molecule has 7 nitrogen and oxygen atoms in total. The van der Waals surface area contributed by atoms with E-state index in [1.807, 2.05) is 57.2 Å². The minimum atomic E-state index is -1.36. The lowest BCUT2D eigenvalue weighted by Crippen LogP contribution is -2.42. The van der Waals surface area contributed by atoms with Crippen LogP contribution in [-0.4, -0.2) is 19.4 Å². The van der Waals surface area contributed by atoms with Crippen LogP contribution in [0.5, 0.6) is 0 Å². The minimum Gasteiger partial charge on any atom is -0.598 e. The van der Waals surface area contributed by atoms with Crippen LogP contribution in [0.2, 0.25) is 0 Å². The lowest BCUT2D eigenvalue weighted by Gasteiger charge is -2.29. The average molecular weight is 470 g/mol. The molecule has 2 heterocycles. The van der Waals surface area contributed by atoms with Crippen molar-refractivity contribution in [3.8, 4) is 23.4 Å². The van der Waals surface area contributed by atoms with Crippen molar-refractivity contribution in [2.24, 2.45) is 0 Å². The third-order valence-electron chi connectivity index (χ3n) is 5.33. The molecule has 0 spiro atoms. The van der Waals surface area contributed by atoms with Gasteiger partial charge in [0.2, 0.25) is 0 Å². The molecule has 1 N–H and O–H groups in total. The molecule has 0 aliphatic rings. The van der Waals surface area contributed by atoms with Crippen LogP contribution in [0.3, 0.4) is 0 Å². The van der Waals surface area contributed by atoms with Crippen LogP contribution in [0.4, 0.5) is 0 Å². The quantitative estimate of drug-likeness (QED) is 0.396. The number of benzene rings is 2. The Kier molecular flexibility index (Phi) is 6.67. The predicted octanol–water partition coefficient (Wildman–Crippen LogP) is 4.97. The Bertz CT molecular complexity index is 1410. The van der Waals surface area contributed by atoms with Gasteiger partial charge in [0.15, 0.2) is 5.58 Å². The Hall–Kier alpha value is -3.69. The van der Waals surface area contributed by atoms with Crippen molar-refractivity contribution in [2.45, 2.75) is 38.0 Å². The van der Waals surface area contributed by atoms with Gasteiger partial charge in [-0.3, -0.25) is 0 Å². The molecule has 8 heteroatoms. The SMILES string of the molecule is CC(C)(C)[S+]([O-])NC(Cc1cccc(C#N)n1)c1ccccc1-c1noc2cc(C#N)ccc12. The molecular formula is C26H23N5O2S. The lowest BCUT2D eigenvalue weighted by molar-refractivity contribution is 0.459. The normalized spacial score (nSPS) is 13.2. The first-order valence-corrected chi connectivity index (χ1v) is 11.9. The molecule has 2 unspecified atom stereocenters. The van der Waals surface area contributed by atoms with E-state index in [1.165, 1.54) is 0 Å². The fourth-order valence-electron chi connectivity index (χ4n) is 3.60. The summed E-state index contributed by atoms with van der Waals surface area (Å²) in [4.78, 5) is 4.42. The first kappa shape index (κ1) is 23.5. The van der Waals surface area contributed by atoms with Gasteiger partial charge in [-0.05, 0) is 50.6 Å². The zero-order chi connectivity index (χ0) is 24.3. The smallest absolute Gasteiger partial charge is 0.168 e.